The summed E-state index contributed by atoms with van der Waals surface area (Å²) in [5.41, 5.74) is 2.10. The van der Waals surface area contributed by atoms with E-state index in [-0.39, 0.29) is 18.4 Å². The van der Waals surface area contributed by atoms with Gasteiger partial charge in [-0.15, -0.1) is 0 Å². The third-order valence-corrected chi connectivity index (χ3v) is 8.13. The van der Waals surface area contributed by atoms with E-state index >= 15 is 0 Å². The molecule has 2 amide bonds. The van der Waals surface area contributed by atoms with E-state index in [0.29, 0.717) is 38.2 Å². The van der Waals surface area contributed by atoms with Crippen LogP contribution in [0.5, 0.6) is 0 Å². The maximum atomic E-state index is 13.7. The third kappa shape index (κ3) is 6.47. The molecule has 1 N–H and O–H groups in total. The average molecular weight is 538 g/mol. The lowest BCUT2D eigenvalue weighted by molar-refractivity contribution is 0.0948. The summed E-state index contributed by atoms with van der Waals surface area (Å²) >= 11 is 6.20. The number of anilines is 1. The SMILES string of the molecule is CCCCN(C)CCCNC(=O)c1ccc2c(c1)N(Cc1cccc(Cl)c1)C(=O)c1ccccc1[S@@]2=O. The van der Waals surface area contributed by atoms with Gasteiger partial charge in [-0.25, -0.2) is 4.21 Å². The molecule has 3 aromatic rings. The Labute approximate surface area is 226 Å². The Balaban J connectivity index is 1.60. The summed E-state index contributed by atoms with van der Waals surface area (Å²) in [6.45, 7) is 4.91. The lowest BCUT2D eigenvalue weighted by Gasteiger charge is -2.24. The van der Waals surface area contributed by atoms with Crippen LogP contribution in [0, 0.1) is 0 Å². The lowest BCUT2D eigenvalue weighted by atomic mass is 10.1. The van der Waals surface area contributed by atoms with E-state index in [4.69, 9.17) is 11.6 Å². The molecule has 0 saturated heterocycles. The van der Waals surface area contributed by atoms with Crippen LogP contribution in [0.15, 0.2) is 76.5 Å². The van der Waals surface area contributed by atoms with Gasteiger partial charge in [-0.2, -0.15) is 0 Å². The zero-order valence-electron chi connectivity index (χ0n) is 21.2. The second kappa shape index (κ2) is 12.5. The summed E-state index contributed by atoms with van der Waals surface area (Å²) in [4.78, 5) is 31.5. The Morgan fingerprint density at radius 2 is 1.78 bits per heavy atom. The smallest absolute Gasteiger partial charge is 0.259 e. The van der Waals surface area contributed by atoms with Crippen molar-refractivity contribution in [1.82, 2.24) is 10.2 Å². The molecule has 1 aliphatic rings. The fraction of sp³-hybridized carbons (Fsp3) is 0.310. The maximum absolute atomic E-state index is 13.7. The highest BCUT2D eigenvalue weighted by molar-refractivity contribution is 7.85. The highest BCUT2D eigenvalue weighted by Gasteiger charge is 2.31. The summed E-state index contributed by atoms with van der Waals surface area (Å²) in [6.07, 6.45) is 3.16. The van der Waals surface area contributed by atoms with Crippen molar-refractivity contribution in [2.24, 2.45) is 0 Å². The number of fused-ring (bicyclic) bond motifs is 2. The molecule has 37 heavy (non-hydrogen) atoms. The molecular formula is C29H32ClN3O3S. The summed E-state index contributed by atoms with van der Waals surface area (Å²) < 4.78 is 13.6. The molecule has 1 aliphatic heterocycles. The topological polar surface area (TPSA) is 69.7 Å². The normalized spacial score (nSPS) is 14.8. The number of hydrogen-bond donors (Lipinski definition) is 1. The molecule has 0 unspecified atom stereocenters. The Morgan fingerprint density at radius 1 is 1.00 bits per heavy atom. The van der Waals surface area contributed by atoms with Crippen LogP contribution >= 0.6 is 11.6 Å². The van der Waals surface area contributed by atoms with E-state index in [9.17, 15) is 13.8 Å². The van der Waals surface area contributed by atoms with Crippen LogP contribution in [-0.2, 0) is 17.3 Å². The van der Waals surface area contributed by atoms with Crippen LogP contribution in [0.25, 0.3) is 0 Å². The third-order valence-electron chi connectivity index (χ3n) is 6.40. The van der Waals surface area contributed by atoms with E-state index in [1.807, 2.05) is 12.1 Å². The largest absolute Gasteiger partial charge is 0.352 e. The zero-order chi connectivity index (χ0) is 26.4. The molecule has 194 valence electrons. The summed E-state index contributed by atoms with van der Waals surface area (Å²) in [7, 11) is 0.517. The fourth-order valence-electron chi connectivity index (χ4n) is 4.37. The fourth-order valence-corrected chi connectivity index (χ4v) is 5.93. The van der Waals surface area contributed by atoms with Gasteiger partial charge in [-0.1, -0.05) is 49.2 Å². The van der Waals surface area contributed by atoms with Gasteiger partial charge in [-0.05, 0) is 81.0 Å². The number of halogens is 1. The molecule has 8 heteroatoms. The molecule has 1 heterocycles. The van der Waals surface area contributed by atoms with Gasteiger partial charge in [0.25, 0.3) is 11.8 Å². The highest BCUT2D eigenvalue weighted by atomic mass is 35.5. The second-order valence-electron chi connectivity index (χ2n) is 9.23. The first-order valence-corrected chi connectivity index (χ1v) is 14.1. The van der Waals surface area contributed by atoms with E-state index < -0.39 is 10.8 Å². The molecule has 1 atom stereocenters. The van der Waals surface area contributed by atoms with Gasteiger partial charge in [0.05, 0.1) is 38.4 Å². The van der Waals surface area contributed by atoms with Gasteiger partial charge < -0.3 is 15.1 Å². The quantitative estimate of drug-likeness (QED) is 0.346. The molecule has 0 radical (unpaired) electrons. The van der Waals surface area contributed by atoms with Crippen LogP contribution in [0.2, 0.25) is 5.02 Å². The van der Waals surface area contributed by atoms with Crippen molar-refractivity contribution in [3.63, 3.8) is 0 Å². The monoisotopic (exact) mass is 537 g/mol. The molecule has 0 fully saturated rings. The molecule has 0 saturated carbocycles. The lowest BCUT2D eigenvalue weighted by Crippen LogP contribution is -2.31. The minimum Gasteiger partial charge on any atom is -0.352 e. The Kier molecular flexibility index (Phi) is 9.14. The summed E-state index contributed by atoms with van der Waals surface area (Å²) in [6, 6.07) is 19.3. The minimum absolute atomic E-state index is 0.221. The van der Waals surface area contributed by atoms with E-state index in [1.165, 1.54) is 0 Å². The number of benzene rings is 3. The van der Waals surface area contributed by atoms with Crippen molar-refractivity contribution >= 4 is 39.9 Å². The maximum Gasteiger partial charge on any atom is 0.259 e. The van der Waals surface area contributed by atoms with Crippen molar-refractivity contribution in [3.8, 4) is 0 Å². The number of nitrogens with one attached hydrogen (secondary N) is 1. The van der Waals surface area contributed by atoms with Crippen LogP contribution in [-0.4, -0.2) is 47.6 Å². The van der Waals surface area contributed by atoms with Crippen molar-refractivity contribution in [2.45, 2.75) is 42.5 Å². The van der Waals surface area contributed by atoms with E-state index in [0.717, 1.165) is 37.9 Å². The average Bonchev–Trinajstić information content (AvgIpc) is 2.99. The Bertz CT molecular complexity index is 1310. The molecule has 3 aromatic carbocycles. The van der Waals surface area contributed by atoms with Crippen LogP contribution < -0.4 is 10.2 Å². The van der Waals surface area contributed by atoms with Crippen molar-refractivity contribution < 1.29 is 13.8 Å². The second-order valence-corrected chi connectivity index (χ2v) is 11.1. The van der Waals surface area contributed by atoms with Crippen LogP contribution in [0.1, 0.15) is 52.5 Å². The van der Waals surface area contributed by atoms with Crippen molar-refractivity contribution in [1.29, 1.82) is 0 Å². The number of carbonyl (C=O) groups is 2. The number of hydrogen-bond acceptors (Lipinski definition) is 4. The molecule has 0 bridgehead atoms. The van der Waals surface area contributed by atoms with Crippen molar-refractivity contribution in [3.05, 3.63) is 88.4 Å². The Morgan fingerprint density at radius 3 is 2.57 bits per heavy atom. The molecule has 0 aromatic heterocycles. The van der Waals surface area contributed by atoms with Gasteiger partial charge in [0, 0.05) is 17.1 Å². The van der Waals surface area contributed by atoms with E-state index in [1.54, 1.807) is 59.5 Å². The number of nitrogens with zero attached hydrogens (tertiary/aromatic N) is 2. The number of unbranched alkanes of at least 4 members (excludes halogenated alkanes) is 1. The zero-order valence-corrected chi connectivity index (χ0v) is 22.8. The first kappa shape index (κ1) is 27.0. The summed E-state index contributed by atoms with van der Waals surface area (Å²) in [5.74, 6) is -0.489. The predicted molar refractivity (Wildman–Crippen MR) is 149 cm³/mol. The molecular weight excluding hydrogens is 506 g/mol. The van der Waals surface area contributed by atoms with Crippen molar-refractivity contribution in [2.75, 3.05) is 31.6 Å². The van der Waals surface area contributed by atoms with E-state index in [2.05, 4.69) is 24.2 Å². The number of rotatable bonds is 10. The number of amides is 2. The van der Waals surface area contributed by atoms with Crippen LogP contribution in [0.4, 0.5) is 5.69 Å². The summed E-state index contributed by atoms with van der Waals surface area (Å²) in [5, 5.41) is 3.55. The molecule has 0 spiro atoms. The standard InChI is InChI=1S/C29H32ClN3O3S/c1-3-4-16-32(2)17-8-15-31-28(34)22-13-14-27-25(19-22)33(20-21-9-7-10-23(30)18-21)29(35)24-11-5-6-12-26(24)37(27)36/h5-7,9-14,18-19H,3-4,8,15-17,20H2,1-2H3,(H,31,34)/t37-/m0/s1. The molecule has 6 nitrogen and oxygen atoms in total. The molecule has 4 rings (SSSR count). The van der Waals surface area contributed by atoms with Gasteiger partial charge in [0.1, 0.15) is 0 Å². The van der Waals surface area contributed by atoms with Gasteiger partial charge in [-0.3, -0.25) is 9.59 Å². The Hall–Kier alpha value is -3.00. The minimum atomic E-state index is -1.57. The van der Waals surface area contributed by atoms with Gasteiger partial charge in [0.2, 0.25) is 0 Å². The first-order valence-electron chi connectivity index (χ1n) is 12.6. The molecule has 0 aliphatic carbocycles. The highest BCUT2D eigenvalue weighted by Crippen LogP contribution is 2.36. The number of carbonyl (C=O) groups excluding carboxylic acids is 2. The van der Waals surface area contributed by atoms with Crippen LogP contribution in [0.3, 0.4) is 0 Å². The predicted octanol–water partition coefficient (Wildman–Crippen LogP) is 5.52. The first-order chi connectivity index (χ1) is 17.9. The van der Waals surface area contributed by atoms with Gasteiger partial charge in [0.15, 0.2) is 0 Å². The van der Waals surface area contributed by atoms with Gasteiger partial charge >= 0.3 is 0 Å².